The zero-order valence-corrected chi connectivity index (χ0v) is 23.7. The highest BCUT2D eigenvalue weighted by Crippen LogP contribution is 2.38. The number of alkyl halides is 3. The molecule has 1 aliphatic carbocycles. The number of nitriles is 1. The van der Waals surface area contributed by atoms with E-state index in [9.17, 15) is 28.0 Å². The summed E-state index contributed by atoms with van der Waals surface area (Å²) < 4.78 is 51.4. The molecule has 0 atom stereocenters. The zero-order chi connectivity index (χ0) is 30.9. The van der Waals surface area contributed by atoms with Crippen molar-refractivity contribution in [3.05, 3.63) is 65.0 Å². The molecule has 9 nitrogen and oxygen atoms in total. The van der Waals surface area contributed by atoms with Crippen molar-refractivity contribution >= 4 is 22.9 Å². The van der Waals surface area contributed by atoms with Crippen LogP contribution in [0.1, 0.15) is 57.7 Å². The minimum absolute atomic E-state index is 0.00227. The highest BCUT2D eigenvalue weighted by molar-refractivity contribution is 6.11. The fourth-order valence-corrected chi connectivity index (χ4v) is 5.02. The molecule has 0 bridgehead atoms. The number of halogens is 3. The first-order chi connectivity index (χ1) is 20.5. The van der Waals surface area contributed by atoms with Crippen LogP contribution in [0.2, 0.25) is 0 Å². The first-order valence-electron chi connectivity index (χ1n) is 13.6. The van der Waals surface area contributed by atoms with Crippen LogP contribution >= 0.6 is 0 Å². The van der Waals surface area contributed by atoms with Crippen molar-refractivity contribution in [2.75, 3.05) is 14.2 Å². The van der Waals surface area contributed by atoms with Gasteiger partial charge >= 0.3 is 6.18 Å². The molecule has 12 heteroatoms. The number of benzene rings is 1. The molecule has 0 spiro atoms. The molecule has 1 fully saturated rings. The van der Waals surface area contributed by atoms with Gasteiger partial charge in [0.15, 0.2) is 0 Å². The van der Waals surface area contributed by atoms with Crippen LogP contribution in [0.3, 0.4) is 0 Å². The summed E-state index contributed by atoms with van der Waals surface area (Å²) in [6.07, 6.45) is -2.96. The van der Waals surface area contributed by atoms with Crippen LogP contribution in [-0.2, 0) is 6.42 Å². The molecule has 4 aromatic rings. The van der Waals surface area contributed by atoms with Gasteiger partial charge in [-0.15, -0.1) is 0 Å². The van der Waals surface area contributed by atoms with E-state index >= 15 is 0 Å². The predicted octanol–water partition coefficient (Wildman–Crippen LogP) is 5.90. The number of ether oxygens (including phenoxy) is 1. The quantitative estimate of drug-likeness (QED) is 0.261. The first kappa shape index (κ1) is 29.6. The van der Waals surface area contributed by atoms with Crippen molar-refractivity contribution < 1.29 is 31.9 Å². The number of hydrogen-bond acceptors (Lipinski definition) is 7. The van der Waals surface area contributed by atoms with Gasteiger partial charge in [-0.2, -0.15) is 18.4 Å². The Bertz CT molecular complexity index is 1750. The number of furan rings is 1. The first-order valence-corrected chi connectivity index (χ1v) is 13.6. The summed E-state index contributed by atoms with van der Waals surface area (Å²) >= 11 is 0. The van der Waals surface area contributed by atoms with E-state index in [1.165, 1.54) is 32.5 Å². The summed E-state index contributed by atoms with van der Waals surface area (Å²) in [5.41, 5.74) is 1.30. The van der Waals surface area contributed by atoms with Crippen LogP contribution in [0.15, 0.2) is 47.0 Å². The number of aromatic nitrogens is 2. The maximum Gasteiger partial charge on any atom is 0.389 e. The molecule has 0 unspecified atom stereocenters. The summed E-state index contributed by atoms with van der Waals surface area (Å²) in [5.74, 6) is -0.874. The highest BCUT2D eigenvalue weighted by Gasteiger charge is 2.39. The van der Waals surface area contributed by atoms with Crippen molar-refractivity contribution in [3.63, 3.8) is 0 Å². The standard InChI is InChI=1S/C31H28F3N5O4/c1-17-5-7-18(8-6-17)25-24(27(41)36-2)21-14-20(23(38-29(21)43-25)9-12-31(32,33)34)19-13-22(28(42-3)37-15-19)26(40)39-30(16-35)10-4-11-30/h5-8,13-15H,4,9-12H2,1-3H3,(H,36,41)(H,39,40). The Hall–Kier alpha value is -4.92. The number of nitrogens with zero attached hydrogens (tertiary/aromatic N) is 3. The van der Waals surface area contributed by atoms with E-state index in [1.54, 1.807) is 12.1 Å². The van der Waals surface area contributed by atoms with E-state index in [1.807, 2.05) is 19.1 Å². The molecule has 0 radical (unpaired) electrons. The number of nitrogens with one attached hydrogen (secondary N) is 2. The molecule has 0 aliphatic heterocycles. The molecule has 1 aliphatic rings. The van der Waals surface area contributed by atoms with E-state index in [2.05, 4.69) is 26.7 Å². The zero-order valence-electron chi connectivity index (χ0n) is 23.7. The summed E-state index contributed by atoms with van der Waals surface area (Å²) in [5, 5.41) is 15.2. The van der Waals surface area contributed by atoms with E-state index < -0.39 is 36.4 Å². The second-order valence-corrected chi connectivity index (χ2v) is 10.5. The number of pyridine rings is 2. The summed E-state index contributed by atoms with van der Waals surface area (Å²) in [6.45, 7) is 1.91. The van der Waals surface area contributed by atoms with Gasteiger partial charge in [-0.05, 0) is 44.7 Å². The largest absolute Gasteiger partial charge is 0.480 e. The maximum absolute atomic E-state index is 13.3. The van der Waals surface area contributed by atoms with Gasteiger partial charge in [0.2, 0.25) is 11.6 Å². The van der Waals surface area contributed by atoms with Crippen LogP contribution < -0.4 is 15.4 Å². The van der Waals surface area contributed by atoms with Crippen LogP contribution in [-0.4, -0.2) is 47.7 Å². The van der Waals surface area contributed by atoms with E-state index in [4.69, 9.17) is 9.15 Å². The molecule has 1 saturated carbocycles. The van der Waals surface area contributed by atoms with Gasteiger partial charge in [0.05, 0.1) is 29.8 Å². The number of aryl methyl sites for hydroxylation is 2. The monoisotopic (exact) mass is 591 g/mol. The van der Waals surface area contributed by atoms with Crippen LogP contribution in [0.25, 0.3) is 33.6 Å². The normalized spacial score (nSPS) is 14.1. The van der Waals surface area contributed by atoms with Gasteiger partial charge in [0.1, 0.15) is 16.9 Å². The number of carbonyl (C=O) groups is 2. The van der Waals surface area contributed by atoms with Crippen molar-refractivity contribution in [1.82, 2.24) is 20.6 Å². The Morgan fingerprint density at radius 3 is 2.44 bits per heavy atom. The van der Waals surface area contributed by atoms with Gasteiger partial charge in [0, 0.05) is 36.4 Å². The lowest BCUT2D eigenvalue weighted by atomic mass is 9.78. The van der Waals surface area contributed by atoms with Crippen molar-refractivity contribution in [3.8, 4) is 34.4 Å². The molecular formula is C31H28F3N5O4. The third-order valence-electron chi connectivity index (χ3n) is 7.55. The SMILES string of the molecule is CNC(=O)c1c(-c2ccc(C)cc2)oc2nc(CCC(F)(F)F)c(-c3cnc(OC)c(C(=O)NC4(C#N)CCC4)c3)cc12. The predicted molar refractivity (Wildman–Crippen MR) is 151 cm³/mol. The number of fused-ring (bicyclic) bond motifs is 1. The summed E-state index contributed by atoms with van der Waals surface area (Å²) in [6, 6.07) is 12.4. The molecule has 5 rings (SSSR count). The third-order valence-corrected chi connectivity index (χ3v) is 7.55. The number of methoxy groups -OCH3 is 1. The second kappa shape index (κ2) is 11.4. The minimum Gasteiger partial charge on any atom is -0.480 e. The number of amides is 2. The van der Waals surface area contributed by atoms with E-state index in [0.717, 1.165) is 12.0 Å². The molecule has 0 saturated heterocycles. The highest BCUT2D eigenvalue weighted by atomic mass is 19.4. The van der Waals surface area contributed by atoms with E-state index in [0.29, 0.717) is 18.4 Å². The third kappa shape index (κ3) is 5.88. The fraction of sp³-hybridized carbons (Fsp3) is 0.323. The molecule has 222 valence electrons. The van der Waals surface area contributed by atoms with Gasteiger partial charge in [-0.1, -0.05) is 29.8 Å². The lowest BCUT2D eigenvalue weighted by Gasteiger charge is -2.35. The van der Waals surface area contributed by atoms with Gasteiger partial charge < -0.3 is 19.8 Å². The van der Waals surface area contributed by atoms with Crippen molar-refractivity contribution in [2.45, 2.75) is 50.7 Å². The summed E-state index contributed by atoms with van der Waals surface area (Å²) in [7, 11) is 2.79. The van der Waals surface area contributed by atoms with E-state index in [-0.39, 0.29) is 50.7 Å². The number of rotatable bonds is 8. The molecule has 3 heterocycles. The Balaban J connectivity index is 1.70. The molecule has 2 N–H and O–H groups in total. The van der Waals surface area contributed by atoms with Crippen molar-refractivity contribution in [1.29, 1.82) is 5.26 Å². The molecule has 3 aromatic heterocycles. The smallest absolute Gasteiger partial charge is 0.389 e. The van der Waals surface area contributed by atoms with Crippen LogP contribution in [0, 0.1) is 18.3 Å². The van der Waals surface area contributed by atoms with Crippen LogP contribution in [0.5, 0.6) is 5.88 Å². The lowest BCUT2D eigenvalue weighted by molar-refractivity contribution is -0.134. The molecular weight excluding hydrogens is 563 g/mol. The van der Waals surface area contributed by atoms with Crippen molar-refractivity contribution in [2.24, 2.45) is 0 Å². The molecule has 2 amide bonds. The molecule has 43 heavy (non-hydrogen) atoms. The molecule has 1 aromatic carbocycles. The second-order valence-electron chi connectivity index (χ2n) is 10.5. The fourth-order valence-electron chi connectivity index (χ4n) is 5.02. The van der Waals surface area contributed by atoms with Gasteiger partial charge in [-0.3, -0.25) is 9.59 Å². The average molecular weight is 592 g/mol. The topological polar surface area (TPSA) is 130 Å². The number of carbonyl (C=O) groups excluding carboxylic acids is 2. The van der Waals surface area contributed by atoms with Gasteiger partial charge in [-0.25, -0.2) is 9.97 Å². The lowest BCUT2D eigenvalue weighted by Crippen LogP contribution is -2.52. The van der Waals surface area contributed by atoms with Crippen LogP contribution in [0.4, 0.5) is 13.2 Å². The Morgan fingerprint density at radius 1 is 1.14 bits per heavy atom. The number of hydrogen-bond donors (Lipinski definition) is 2. The maximum atomic E-state index is 13.3. The summed E-state index contributed by atoms with van der Waals surface area (Å²) in [4.78, 5) is 35.1. The Labute approximate surface area is 245 Å². The Morgan fingerprint density at radius 2 is 1.86 bits per heavy atom. The minimum atomic E-state index is -4.46. The van der Waals surface area contributed by atoms with Gasteiger partial charge in [0.25, 0.3) is 11.8 Å². The Kier molecular flexibility index (Phi) is 7.84. The average Bonchev–Trinajstić information content (AvgIpc) is 3.34.